The zero-order valence-electron chi connectivity index (χ0n) is 15.5. The fourth-order valence-electron chi connectivity index (χ4n) is 2.30. The lowest BCUT2D eigenvalue weighted by atomic mass is 10.1. The molecule has 0 bridgehead atoms. The van der Waals surface area contributed by atoms with E-state index in [-0.39, 0.29) is 5.56 Å². The van der Waals surface area contributed by atoms with Gasteiger partial charge >= 0.3 is 5.97 Å². The van der Waals surface area contributed by atoms with Gasteiger partial charge in [0.1, 0.15) is 12.3 Å². The smallest absolute Gasteiger partial charge is 0.325 e. The summed E-state index contributed by atoms with van der Waals surface area (Å²) in [5.74, 6) is -2.40. The third kappa shape index (κ3) is 5.94. The number of carbonyl (C=O) groups is 4. The summed E-state index contributed by atoms with van der Waals surface area (Å²) in [6.07, 6.45) is 0. The quantitative estimate of drug-likeness (QED) is 0.695. The van der Waals surface area contributed by atoms with Gasteiger partial charge in [-0.15, -0.1) is 0 Å². The van der Waals surface area contributed by atoms with Crippen molar-refractivity contribution in [1.29, 1.82) is 0 Å². The van der Waals surface area contributed by atoms with E-state index in [1.165, 1.54) is 13.2 Å². The molecule has 2 rings (SSSR count). The van der Waals surface area contributed by atoms with Crippen molar-refractivity contribution in [1.82, 2.24) is 10.6 Å². The maximum absolute atomic E-state index is 12.1. The first-order valence-corrected chi connectivity index (χ1v) is 8.38. The topological polar surface area (TPSA) is 111 Å². The van der Waals surface area contributed by atoms with E-state index in [0.717, 1.165) is 5.56 Å². The number of para-hydroxylation sites is 1. The summed E-state index contributed by atoms with van der Waals surface area (Å²) in [5.41, 5.74) is 1.50. The van der Waals surface area contributed by atoms with Crippen molar-refractivity contribution in [3.8, 4) is 5.75 Å². The first-order chi connectivity index (χ1) is 13.4. The average molecular weight is 384 g/mol. The number of nitrogens with one attached hydrogen (secondary N) is 2. The molecule has 0 radical (unpaired) electrons. The Labute approximate surface area is 161 Å². The number of hydrogen-bond donors (Lipinski definition) is 2. The normalized spacial score (nSPS) is 9.93. The van der Waals surface area contributed by atoms with Crippen molar-refractivity contribution in [2.24, 2.45) is 0 Å². The summed E-state index contributed by atoms with van der Waals surface area (Å²) >= 11 is 0. The molecular weight excluding hydrogens is 364 g/mol. The Bertz CT molecular complexity index is 894. The number of imide groups is 1. The van der Waals surface area contributed by atoms with Crippen molar-refractivity contribution in [2.45, 2.75) is 6.92 Å². The molecule has 0 atom stereocenters. The molecule has 0 spiro atoms. The Balaban J connectivity index is 1.77. The molecule has 0 aliphatic rings. The number of carbonyl (C=O) groups excluding carboxylic acids is 4. The Morgan fingerprint density at radius 1 is 0.964 bits per heavy atom. The van der Waals surface area contributed by atoms with Gasteiger partial charge in [0.15, 0.2) is 6.61 Å². The molecule has 146 valence electrons. The van der Waals surface area contributed by atoms with E-state index in [2.05, 4.69) is 10.6 Å². The lowest BCUT2D eigenvalue weighted by Gasteiger charge is -2.09. The second-order valence-electron chi connectivity index (χ2n) is 5.79. The Morgan fingerprint density at radius 2 is 1.71 bits per heavy atom. The van der Waals surface area contributed by atoms with Gasteiger partial charge < -0.3 is 14.8 Å². The van der Waals surface area contributed by atoms with Crippen molar-refractivity contribution < 1.29 is 28.7 Å². The third-order valence-electron chi connectivity index (χ3n) is 3.64. The summed E-state index contributed by atoms with van der Waals surface area (Å²) < 4.78 is 9.80. The first kappa shape index (κ1) is 20.6. The molecule has 3 amide bonds. The third-order valence-corrected chi connectivity index (χ3v) is 3.64. The molecule has 0 aromatic heterocycles. The minimum absolute atomic E-state index is 0.176. The van der Waals surface area contributed by atoms with Crippen molar-refractivity contribution in [3.05, 3.63) is 65.2 Å². The number of hydrogen-bond acceptors (Lipinski definition) is 6. The molecule has 0 saturated carbocycles. The minimum atomic E-state index is -0.805. The highest BCUT2D eigenvalue weighted by molar-refractivity contribution is 6.06. The van der Waals surface area contributed by atoms with Gasteiger partial charge in [-0.1, -0.05) is 29.8 Å². The fraction of sp³-hybridized carbons (Fsp3) is 0.200. The molecule has 0 heterocycles. The SMILES string of the molecule is COc1ccccc1C(=O)NC(=O)COC(=O)CNC(=O)c1cccc(C)c1. The average Bonchev–Trinajstić information content (AvgIpc) is 2.70. The zero-order valence-corrected chi connectivity index (χ0v) is 15.5. The molecule has 2 aromatic rings. The number of amides is 3. The molecule has 0 aliphatic carbocycles. The van der Waals surface area contributed by atoms with E-state index in [9.17, 15) is 19.2 Å². The summed E-state index contributed by atoms with van der Waals surface area (Å²) in [5, 5.41) is 4.50. The highest BCUT2D eigenvalue weighted by atomic mass is 16.5. The van der Waals surface area contributed by atoms with Crippen LogP contribution >= 0.6 is 0 Å². The number of esters is 1. The van der Waals surface area contributed by atoms with Crippen LogP contribution in [0.3, 0.4) is 0 Å². The van der Waals surface area contributed by atoms with Crippen LogP contribution in [0, 0.1) is 6.92 Å². The molecule has 8 nitrogen and oxygen atoms in total. The number of rotatable bonds is 7. The van der Waals surface area contributed by atoms with E-state index >= 15 is 0 Å². The van der Waals surface area contributed by atoms with Crippen LogP contribution in [0.15, 0.2) is 48.5 Å². The predicted molar refractivity (Wildman–Crippen MR) is 99.9 cm³/mol. The first-order valence-electron chi connectivity index (χ1n) is 8.38. The van der Waals surface area contributed by atoms with Crippen LogP contribution in [0.25, 0.3) is 0 Å². The Hall–Kier alpha value is -3.68. The monoisotopic (exact) mass is 384 g/mol. The molecule has 2 N–H and O–H groups in total. The van der Waals surface area contributed by atoms with Crippen LogP contribution in [0.2, 0.25) is 0 Å². The van der Waals surface area contributed by atoms with Gasteiger partial charge in [-0.05, 0) is 31.2 Å². The van der Waals surface area contributed by atoms with E-state index in [1.54, 1.807) is 36.4 Å². The summed E-state index contributed by atoms with van der Waals surface area (Å²) in [6.45, 7) is 0.788. The van der Waals surface area contributed by atoms with Gasteiger partial charge in [0, 0.05) is 5.56 Å². The number of ether oxygens (including phenoxy) is 2. The van der Waals surface area contributed by atoms with E-state index in [0.29, 0.717) is 11.3 Å². The van der Waals surface area contributed by atoms with Crippen LogP contribution in [0.4, 0.5) is 0 Å². The fourth-order valence-corrected chi connectivity index (χ4v) is 2.30. The molecule has 2 aromatic carbocycles. The lowest BCUT2D eigenvalue weighted by Crippen LogP contribution is -2.36. The predicted octanol–water partition coefficient (Wildman–Crippen LogP) is 1.23. The molecule has 0 aliphatic heterocycles. The molecule has 8 heteroatoms. The Kier molecular flexibility index (Phi) is 7.27. The van der Waals surface area contributed by atoms with Crippen LogP contribution < -0.4 is 15.4 Å². The van der Waals surface area contributed by atoms with E-state index in [1.807, 2.05) is 13.0 Å². The van der Waals surface area contributed by atoms with E-state index in [4.69, 9.17) is 9.47 Å². The number of methoxy groups -OCH3 is 1. The molecule has 0 fully saturated rings. The van der Waals surface area contributed by atoms with Gasteiger partial charge in [-0.2, -0.15) is 0 Å². The number of benzene rings is 2. The summed E-state index contributed by atoms with van der Waals surface area (Å²) in [4.78, 5) is 47.5. The second kappa shape index (κ2) is 9.86. The van der Waals surface area contributed by atoms with Crippen LogP contribution in [-0.2, 0) is 14.3 Å². The molecule has 28 heavy (non-hydrogen) atoms. The van der Waals surface area contributed by atoms with Gasteiger partial charge in [0.25, 0.3) is 17.7 Å². The van der Waals surface area contributed by atoms with Gasteiger partial charge in [-0.3, -0.25) is 24.5 Å². The van der Waals surface area contributed by atoms with Crippen molar-refractivity contribution in [3.63, 3.8) is 0 Å². The second-order valence-corrected chi connectivity index (χ2v) is 5.79. The van der Waals surface area contributed by atoms with Crippen molar-refractivity contribution in [2.75, 3.05) is 20.3 Å². The molecule has 0 saturated heterocycles. The lowest BCUT2D eigenvalue weighted by molar-refractivity contribution is -0.147. The van der Waals surface area contributed by atoms with E-state index < -0.39 is 36.8 Å². The molecular formula is C20H20N2O6. The van der Waals surface area contributed by atoms with Gasteiger partial charge in [0.2, 0.25) is 0 Å². The standard InChI is InChI=1S/C20H20N2O6/c1-13-6-5-7-14(10-13)19(25)21-11-18(24)28-12-17(23)22-20(26)15-8-3-4-9-16(15)27-2/h3-10H,11-12H2,1-2H3,(H,21,25)(H,22,23,26). The van der Waals surface area contributed by atoms with Crippen LogP contribution in [0.1, 0.15) is 26.3 Å². The van der Waals surface area contributed by atoms with Crippen molar-refractivity contribution >= 4 is 23.7 Å². The zero-order chi connectivity index (χ0) is 20.5. The highest BCUT2D eigenvalue weighted by Crippen LogP contribution is 2.16. The maximum atomic E-state index is 12.1. The number of aryl methyl sites for hydroxylation is 1. The Morgan fingerprint density at radius 3 is 2.43 bits per heavy atom. The van der Waals surface area contributed by atoms with Crippen LogP contribution in [0.5, 0.6) is 5.75 Å². The van der Waals surface area contributed by atoms with Gasteiger partial charge in [-0.25, -0.2) is 0 Å². The summed E-state index contributed by atoms with van der Waals surface area (Å²) in [6, 6.07) is 13.2. The van der Waals surface area contributed by atoms with Crippen LogP contribution in [-0.4, -0.2) is 44.0 Å². The molecule has 0 unspecified atom stereocenters. The summed E-state index contributed by atoms with van der Waals surface area (Å²) in [7, 11) is 1.40. The largest absolute Gasteiger partial charge is 0.496 e. The van der Waals surface area contributed by atoms with Gasteiger partial charge in [0.05, 0.1) is 12.7 Å². The minimum Gasteiger partial charge on any atom is -0.496 e. The highest BCUT2D eigenvalue weighted by Gasteiger charge is 2.16. The maximum Gasteiger partial charge on any atom is 0.325 e.